The average molecular weight is 311 g/mol. The molecule has 1 aliphatic carbocycles. The average Bonchev–Trinajstić information content (AvgIpc) is 2.99. The number of thiazole rings is 1. The lowest BCUT2D eigenvalue weighted by Gasteiger charge is -2.31. The number of hydrogen-bond donors (Lipinski definition) is 2. The van der Waals surface area contributed by atoms with Crippen molar-refractivity contribution < 1.29 is 0 Å². The molecular formula is C18H21N3S. The molecule has 0 aliphatic heterocycles. The van der Waals surface area contributed by atoms with Gasteiger partial charge in [-0.15, -0.1) is 11.3 Å². The normalized spacial score (nSPS) is 21.3. The summed E-state index contributed by atoms with van der Waals surface area (Å²) in [6.45, 7) is 6.33. The van der Waals surface area contributed by atoms with Gasteiger partial charge in [0.2, 0.25) is 0 Å². The third kappa shape index (κ3) is 2.02. The Morgan fingerprint density at radius 2 is 2.09 bits per heavy atom. The van der Waals surface area contributed by atoms with Crippen LogP contribution in [-0.4, -0.2) is 9.97 Å². The first kappa shape index (κ1) is 14.0. The van der Waals surface area contributed by atoms with E-state index >= 15 is 0 Å². The first-order valence-corrected chi connectivity index (χ1v) is 8.61. The van der Waals surface area contributed by atoms with Crippen LogP contribution in [0.3, 0.4) is 0 Å². The van der Waals surface area contributed by atoms with Gasteiger partial charge in [0.05, 0.1) is 11.2 Å². The van der Waals surface area contributed by atoms with Gasteiger partial charge in [-0.25, -0.2) is 4.98 Å². The molecule has 0 bridgehead atoms. The predicted octanol–water partition coefficient (Wildman–Crippen LogP) is 3.89. The van der Waals surface area contributed by atoms with Gasteiger partial charge in [0, 0.05) is 21.5 Å². The van der Waals surface area contributed by atoms with Crippen LogP contribution in [0.1, 0.15) is 38.8 Å². The Morgan fingerprint density at radius 1 is 1.27 bits per heavy atom. The van der Waals surface area contributed by atoms with Gasteiger partial charge in [0.15, 0.2) is 0 Å². The minimum absolute atomic E-state index is 0.323. The van der Waals surface area contributed by atoms with Gasteiger partial charge in [-0.2, -0.15) is 0 Å². The lowest BCUT2D eigenvalue weighted by molar-refractivity contribution is 0.382. The van der Waals surface area contributed by atoms with Crippen LogP contribution in [-0.2, 0) is 18.4 Å². The molecule has 1 aliphatic rings. The van der Waals surface area contributed by atoms with Gasteiger partial charge in [0.25, 0.3) is 0 Å². The van der Waals surface area contributed by atoms with Crippen LogP contribution < -0.4 is 5.73 Å². The predicted molar refractivity (Wildman–Crippen MR) is 92.5 cm³/mol. The highest BCUT2D eigenvalue weighted by molar-refractivity contribution is 7.11. The van der Waals surface area contributed by atoms with Crippen LogP contribution in [0.25, 0.3) is 10.9 Å². The zero-order valence-electron chi connectivity index (χ0n) is 13.3. The Balaban J connectivity index is 1.81. The molecule has 0 saturated carbocycles. The summed E-state index contributed by atoms with van der Waals surface area (Å²) in [5.41, 5.74) is 12.8. The van der Waals surface area contributed by atoms with E-state index in [1.54, 1.807) is 11.3 Å². The SMILES string of the molecule is Cc1ccc2c3c([nH]c2c1)CCC(N)(c1nc(C)c(C)s1)C3. The van der Waals surface area contributed by atoms with Gasteiger partial charge in [0.1, 0.15) is 5.01 Å². The first-order valence-electron chi connectivity index (χ1n) is 7.80. The van der Waals surface area contributed by atoms with Crippen molar-refractivity contribution in [3.8, 4) is 0 Å². The van der Waals surface area contributed by atoms with Gasteiger partial charge in [-0.05, 0) is 57.2 Å². The molecule has 114 valence electrons. The molecule has 3 nitrogen and oxygen atoms in total. The smallest absolute Gasteiger partial charge is 0.113 e. The van der Waals surface area contributed by atoms with E-state index < -0.39 is 0 Å². The van der Waals surface area contributed by atoms with Crippen LogP contribution in [0.5, 0.6) is 0 Å². The Labute approximate surface area is 134 Å². The summed E-state index contributed by atoms with van der Waals surface area (Å²) >= 11 is 1.76. The van der Waals surface area contributed by atoms with Crippen molar-refractivity contribution in [3.05, 3.63) is 50.6 Å². The lowest BCUT2D eigenvalue weighted by Crippen LogP contribution is -2.42. The topological polar surface area (TPSA) is 54.7 Å². The number of aromatic amines is 1. The number of nitrogens with two attached hydrogens (primary N) is 1. The maximum atomic E-state index is 6.79. The summed E-state index contributed by atoms with van der Waals surface area (Å²) in [6, 6.07) is 6.63. The molecule has 1 atom stereocenters. The second-order valence-corrected chi connectivity index (χ2v) is 7.83. The zero-order chi connectivity index (χ0) is 15.5. The van der Waals surface area contributed by atoms with Crippen LogP contribution in [0.15, 0.2) is 18.2 Å². The maximum Gasteiger partial charge on any atom is 0.113 e. The number of aryl methyl sites for hydroxylation is 4. The molecular weight excluding hydrogens is 290 g/mol. The van der Waals surface area contributed by atoms with Crippen LogP contribution in [0.4, 0.5) is 0 Å². The summed E-state index contributed by atoms with van der Waals surface area (Å²) < 4.78 is 0. The van der Waals surface area contributed by atoms with Crippen molar-refractivity contribution in [2.45, 2.75) is 45.6 Å². The third-order valence-electron chi connectivity index (χ3n) is 4.92. The molecule has 22 heavy (non-hydrogen) atoms. The molecule has 0 fully saturated rings. The number of hydrogen-bond acceptors (Lipinski definition) is 3. The summed E-state index contributed by atoms with van der Waals surface area (Å²) in [4.78, 5) is 9.61. The monoisotopic (exact) mass is 311 g/mol. The highest BCUT2D eigenvalue weighted by atomic mass is 32.1. The molecule has 1 aromatic carbocycles. The molecule has 0 spiro atoms. The standard InChI is InChI=1S/C18H21N3S/c1-10-4-5-13-14-9-18(19,17-20-11(2)12(3)22-17)7-6-15(14)21-16(13)8-10/h4-5,8,21H,6-7,9,19H2,1-3H3. The summed E-state index contributed by atoms with van der Waals surface area (Å²) in [5.74, 6) is 0. The molecule has 0 amide bonds. The van der Waals surface area contributed by atoms with Crippen molar-refractivity contribution in [2.24, 2.45) is 5.73 Å². The zero-order valence-corrected chi connectivity index (χ0v) is 14.1. The van der Waals surface area contributed by atoms with E-state index in [0.29, 0.717) is 0 Å². The summed E-state index contributed by atoms with van der Waals surface area (Å²) in [5, 5.41) is 2.41. The second kappa shape index (κ2) is 4.67. The number of H-pyrrole nitrogens is 1. The number of fused-ring (bicyclic) bond motifs is 3. The first-order chi connectivity index (χ1) is 10.5. The Hall–Kier alpha value is -1.65. The molecule has 4 heteroatoms. The molecule has 4 rings (SSSR count). The van der Waals surface area contributed by atoms with Crippen LogP contribution >= 0.6 is 11.3 Å². The molecule has 3 N–H and O–H groups in total. The fraction of sp³-hybridized carbons (Fsp3) is 0.389. The van der Waals surface area contributed by atoms with Gasteiger partial charge in [-0.3, -0.25) is 0 Å². The van der Waals surface area contributed by atoms with E-state index in [1.165, 1.54) is 32.6 Å². The van der Waals surface area contributed by atoms with Crippen molar-refractivity contribution in [1.82, 2.24) is 9.97 Å². The Kier molecular flexibility index (Phi) is 2.97. The van der Waals surface area contributed by atoms with E-state index in [1.807, 2.05) is 0 Å². The molecule has 0 saturated heterocycles. The van der Waals surface area contributed by atoms with E-state index in [-0.39, 0.29) is 5.54 Å². The Bertz CT molecular complexity index is 854. The van der Waals surface area contributed by atoms with Crippen LogP contribution in [0.2, 0.25) is 0 Å². The van der Waals surface area contributed by atoms with Crippen molar-refractivity contribution in [1.29, 1.82) is 0 Å². The summed E-state index contributed by atoms with van der Waals surface area (Å²) in [6.07, 6.45) is 2.83. The minimum Gasteiger partial charge on any atom is -0.358 e. The van der Waals surface area contributed by atoms with E-state index in [9.17, 15) is 0 Å². The van der Waals surface area contributed by atoms with Crippen molar-refractivity contribution >= 4 is 22.2 Å². The molecule has 3 aromatic rings. The largest absolute Gasteiger partial charge is 0.358 e. The molecule has 2 heterocycles. The highest BCUT2D eigenvalue weighted by Crippen LogP contribution is 2.39. The molecule has 0 radical (unpaired) electrons. The van der Waals surface area contributed by atoms with Gasteiger partial charge < -0.3 is 10.7 Å². The third-order valence-corrected chi connectivity index (χ3v) is 6.21. The Morgan fingerprint density at radius 3 is 2.82 bits per heavy atom. The van der Waals surface area contributed by atoms with Gasteiger partial charge >= 0.3 is 0 Å². The minimum atomic E-state index is -0.323. The van der Waals surface area contributed by atoms with Crippen molar-refractivity contribution in [3.63, 3.8) is 0 Å². The fourth-order valence-corrected chi connectivity index (χ4v) is 4.50. The molecule has 1 unspecified atom stereocenters. The van der Waals surface area contributed by atoms with Crippen LogP contribution in [0, 0.1) is 20.8 Å². The van der Waals surface area contributed by atoms with E-state index in [2.05, 4.69) is 44.0 Å². The van der Waals surface area contributed by atoms with E-state index in [0.717, 1.165) is 30.0 Å². The number of benzene rings is 1. The maximum absolute atomic E-state index is 6.79. The highest BCUT2D eigenvalue weighted by Gasteiger charge is 2.36. The number of rotatable bonds is 1. The van der Waals surface area contributed by atoms with E-state index in [4.69, 9.17) is 10.7 Å². The fourth-order valence-electron chi connectivity index (χ4n) is 3.46. The molecule has 2 aromatic heterocycles. The van der Waals surface area contributed by atoms with Crippen molar-refractivity contribution in [2.75, 3.05) is 0 Å². The quantitative estimate of drug-likeness (QED) is 0.716. The number of aromatic nitrogens is 2. The second-order valence-electron chi connectivity index (χ2n) is 6.62. The number of nitrogens with one attached hydrogen (secondary N) is 1. The lowest BCUT2D eigenvalue weighted by atomic mass is 9.81. The number of nitrogens with zero attached hydrogens (tertiary/aromatic N) is 1. The summed E-state index contributed by atoms with van der Waals surface area (Å²) in [7, 11) is 0. The van der Waals surface area contributed by atoms with Gasteiger partial charge in [-0.1, -0.05) is 12.1 Å².